The lowest BCUT2D eigenvalue weighted by Gasteiger charge is -2.40. The van der Waals surface area contributed by atoms with Gasteiger partial charge in [-0.3, -0.25) is 4.79 Å². The Morgan fingerprint density at radius 2 is 1.15 bits per heavy atom. The summed E-state index contributed by atoms with van der Waals surface area (Å²) >= 11 is 3.53. The fraction of sp³-hybridized carbons (Fsp3) is 0.909. The fourth-order valence-electron chi connectivity index (χ4n) is 1.45. The predicted molar refractivity (Wildman–Crippen MR) is 61.4 cm³/mol. The van der Waals surface area contributed by atoms with Crippen molar-refractivity contribution < 1.29 is 62.2 Å². The van der Waals surface area contributed by atoms with Gasteiger partial charge in [-0.15, -0.1) is 0 Å². The molecule has 0 N–H and O–H groups in total. The Kier molecular flexibility index (Phi) is 6.85. The molecule has 0 aromatic heterocycles. The molecule has 26 heavy (non-hydrogen) atoms. The van der Waals surface area contributed by atoms with Crippen LogP contribution in [-0.4, -0.2) is 47.6 Å². The lowest BCUT2D eigenvalue weighted by atomic mass is 9.92. The second-order valence-corrected chi connectivity index (χ2v) is 5.28. The van der Waals surface area contributed by atoms with Gasteiger partial charge >= 0.3 is 41.0 Å². The predicted octanol–water partition coefficient (Wildman–Crippen LogP) is 5.34. The van der Waals surface area contributed by atoms with E-state index in [-0.39, 0.29) is 0 Å². The van der Waals surface area contributed by atoms with Crippen LogP contribution >= 0.6 is 11.6 Å². The molecular formula is C11H9ClF12O2. The second kappa shape index (κ2) is 7.15. The maximum Gasteiger partial charge on any atom is 0.393 e. The van der Waals surface area contributed by atoms with E-state index in [0.29, 0.717) is 0 Å². The Morgan fingerprint density at radius 1 is 0.769 bits per heavy atom. The molecule has 0 aliphatic rings. The van der Waals surface area contributed by atoms with Crippen molar-refractivity contribution in [3.8, 4) is 0 Å². The Bertz CT molecular complexity index is 514. The van der Waals surface area contributed by atoms with Crippen LogP contribution in [0.15, 0.2) is 0 Å². The Balaban J connectivity index is 5.89. The number of alkyl halides is 13. The van der Waals surface area contributed by atoms with Gasteiger partial charge in [0.2, 0.25) is 0 Å². The molecule has 156 valence electrons. The number of carbonyl (C=O) groups is 1. The third kappa shape index (κ3) is 3.93. The van der Waals surface area contributed by atoms with Gasteiger partial charge in [0.05, 0.1) is 13.0 Å². The first-order valence-electron chi connectivity index (χ1n) is 6.32. The first-order chi connectivity index (χ1) is 11.2. The highest BCUT2D eigenvalue weighted by Gasteiger charge is 2.89. The minimum Gasteiger partial charge on any atom is -0.466 e. The summed E-state index contributed by atoms with van der Waals surface area (Å²) in [6.07, 6.45) is -4.20. The Morgan fingerprint density at radius 3 is 1.50 bits per heavy atom. The minimum absolute atomic E-state index is 0.438. The van der Waals surface area contributed by atoms with E-state index in [4.69, 9.17) is 0 Å². The molecule has 0 heterocycles. The molecule has 0 aromatic carbocycles. The molecule has 0 aliphatic carbocycles. The Hall–Kier alpha value is -1.08. The monoisotopic (exact) mass is 436 g/mol. The number of esters is 1. The topological polar surface area (TPSA) is 26.3 Å². The zero-order chi connectivity index (χ0) is 21.4. The fourth-order valence-corrected chi connectivity index (χ4v) is 1.57. The highest BCUT2D eigenvalue weighted by atomic mass is 35.5. The molecule has 0 amide bonds. The second-order valence-electron chi connectivity index (χ2n) is 4.80. The largest absolute Gasteiger partial charge is 0.466 e. The molecule has 15 heteroatoms. The van der Waals surface area contributed by atoms with Crippen LogP contribution in [-0.2, 0) is 9.53 Å². The number of halogens is 13. The van der Waals surface area contributed by atoms with Gasteiger partial charge in [-0.25, -0.2) is 0 Å². The molecule has 0 atom stereocenters. The van der Waals surface area contributed by atoms with Gasteiger partial charge < -0.3 is 4.74 Å². The number of ether oxygens (including phenoxy) is 1. The first-order valence-corrected chi connectivity index (χ1v) is 6.70. The summed E-state index contributed by atoms with van der Waals surface area (Å²) in [5.41, 5.74) is 0. The van der Waals surface area contributed by atoms with E-state index in [0.717, 1.165) is 6.92 Å². The molecule has 0 unspecified atom stereocenters. The number of carbonyl (C=O) groups excluding carboxylic acids is 1. The van der Waals surface area contributed by atoms with Crippen LogP contribution in [0.5, 0.6) is 0 Å². The van der Waals surface area contributed by atoms with E-state index in [1.807, 2.05) is 0 Å². The molecule has 0 fully saturated rings. The van der Waals surface area contributed by atoms with Crippen LogP contribution in [0.25, 0.3) is 0 Å². The van der Waals surface area contributed by atoms with Crippen LogP contribution in [0.1, 0.15) is 19.8 Å². The van der Waals surface area contributed by atoms with Gasteiger partial charge in [0, 0.05) is 6.42 Å². The van der Waals surface area contributed by atoms with E-state index in [9.17, 15) is 57.5 Å². The molecular weight excluding hydrogens is 428 g/mol. The van der Waals surface area contributed by atoms with Gasteiger partial charge in [-0.05, 0) is 18.5 Å². The minimum atomic E-state index is -7.69. The summed E-state index contributed by atoms with van der Waals surface area (Å²) in [6.45, 7) is 0.708. The molecule has 0 aliphatic heterocycles. The van der Waals surface area contributed by atoms with Crippen molar-refractivity contribution in [1.82, 2.24) is 0 Å². The summed E-state index contributed by atoms with van der Waals surface area (Å²) in [5, 5.41) is -6.48. The molecule has 0 radical (unpaired) electrons. The third-order valence-electron chi connectivity index (χ3n) is 2.95. The van der Waals surface area contributed by atoms with Crippen LogP contribution in [0.2, 0.25) is 0 Å². The normalized spacial score (nSPS) is 15.2. The average molecular weight is 437 g/mol. The van der Waals surface area contributed by atoms with Crippen LogP contribution in [0.3, 0.4) is 0 Å². The smallest absolute Gasteiger partial charge is 0.393 e. The van der Waals surface area contributed by atoms with Crippen molar-refractivity contribution in [2.45, 2.75) is 54.8 Å². The van der Waals surface area contributed by atoms with Gasteiger partial charge in [0.25, 0.3) is 0 Å². The maximum atomic E-state index is 13.3. The van der Waals surface area contributed by atoms with Gasteiger partial charge in [-0.1, -0.05) is 0 Å². The number of hydrogen-bond acceptors (Lipinski definition) is 2. The zero-order valence-electron chi connectivity index (χ0n) is 12.4. The van der Waals surface area contributed by atoms with Crippen molar-refractivity contribution in [3.05, 3.63) is 0 Å². The quantitative estimate of drug-likeness (QED) is 0.277. The van der Waals surface area contributed by atoms with Crippen molar-refractivity contribution in [2.75, 3.05) is 6.61 Å². The van der Waals surface area contributed by atoms with Crippen molar-refractivity contribution in [1.29, 1.82) is 0 Å². The number of hydrogen-bond donors (Lipinski definition) is 0. The highest BCUT2D eigenvalue weighted by Crippen LogP contribution is 2.61. The SMILES string of the molecule is CCOC(=O)CCC(F)(F)C(F)(F)C(F)(F)C(F)(F)C(F)(F)C(F)(F)Cl. The first kappa shape index (κ1) is 24.9. The highest BCUT2D eigenvalue weighted by molar-refractivity contribution is 6.22. The summed E-state index contributed by atoms with van der Waals surface area (Å²) in [5.74, 6) is -37.8. The van der Waals surface area contributed by atoms with E-state index in [1.54, 1.807) is 0 Å². The van der Waals surface area contributed by atoms with Crippen LogP contribution in [0.4, 0.5) is 52.7 Å². The molecule has 0 bridgehead atoms. The van der Waals surface area contributed by atoms with E-state index in [2.05, 4.69) is 16.3 Å². The lowest BCUT2D eigenvalue weighted by molar-refractivity contribution is -0.417. The molecule has 0 saturated heterocycles. The average Bonchev–Trinajstić information content (AvgIpc) is 2.43. The van der Waals surface area contributed by atoms with Gasteiger partial charge in [0.15, 0.2) is 0 Å². The van der Waals surface area contributed by atoms with Crippen molar-refractivity contribution in [2.24, 2.45) is 0 Å². The molecule has 0 spiro atoms. The summed E-state index contributed by atoms with van der Waals surface area (Å²) in [6, 6.07) is 0. The number of rotatable bonds is 9. The third-order valence-corrected chi connectivity index (χ3v) is 3.18. The van der Waals surface area contributed by atoms with Crippen LogP contribution < -0.4 is 0 Å². The molecule has 2 nitrogen and oxygen atoms in total. The van der Waals surface area contributed by atoms with E-state index < -0.39 is 60.4 Å². The molecule has 0 saturated carbocycles. The molecule has 0 rings (SSSR count). The summed E-state index contributed by atoms with van der Waals surface area (Å²) in [4.78, 5) is 10.8. The zero-order valence-corrected chi connectivity index (χ0v) is 13.1. The van der Waals surface area contributed by atoms with Gasteiger partial charge in [-0.2, -0.15) is 52.7 Å². The Labute approximate surface area is 142 Å². The standard InChI is InChI=1S/C11H9ClF12O2/c1-2-26-5(25)3-4-6(13,14)7(15,16)8(17,18)9(19,20)10(21,22)11(12,23)24/h2-4H2,1H3. The van der Waals surface area contributed by atoms with Gasteiger partial charge in [0.1, 0.15) is 0 Å². The van der Waals surface area contributed by atoms with E-state index in [1.165, 1.54) is 0 Å². The lowest BCUT2D eigenvalue weighted by Crippen LogP contribution is -2.69. The summed E-state index contributed by atoms with van der Waals surface area (Å²) in [7, 11) is 0. The van der Waals surface area contributed by atoms with Crippen LogP contribution in [0, 0.1) is 0 Å². The maximum absolute atomic E-state index is 13.3. The molecule has 0 aromatic rings. The van der Waals surface area contributed by atoms with Crippen molar-refractivity contribution >= 4 is 17.6 Å². The van der Waals surface area contributed by atoms with E-state index >= 15 is 0 Å². The van der Waals surface area contributed by atoms with Crippen molar-refractivity contribution in [3.63, 3.8) is 0 Å². The summed E-state index contributed by atoms with van der Waals surface area (Å²) < 4.78 is 160.